The predicted octanol–water partition coefficient (Wildman–Crippen LogP) is 2.22. The van der Waals surface area contributed by atoms with Gasteiger partial charge in [0.25, 0.3) is 23.6 Å². The maximum atomic E-state index is 13.2. The summed E-state index contributed by atoms with van der Waals surface area (Å²) in [5.74, 6) is -3.80. The molecule has 260 valence electrons. The average Bonchev–Trinajstić information content (AvgIpc) is 3.38. The Kier molecular flexibility index (Phi) is 9.97. The van der Waals surface area contributed by atoms with Crippen LogP contribution in [0.5, 0.6) is 0 Å². The average molecular weight is 691 g/mol. The third kappa shape index (κ3) is 7.36. The van der Waals surface area contributed by atoms with E-state index in [4.69, 9.17) is 5.73 Å². The van der Waals surface area contributed by atoms with Crippen LogP contribution in [-0.4, -0.2) is 76.9 Å². The van der Waals surface area contributed by atoms with Gasteiger partial charge in [0.1, 0.15) is 6.04 Å². The van der Waals surface area contributed by atoms with Crippen LogP contribution in [0, 0.1) is 0 Å². The molecule has 1 aromatic heterocycles. The van der Waals surface area contributed by atoms with Crippen LogP contribution >= 0.6 is 0 Å². The molecule has 6 rings (SSSR count). The van der Waals surface area contributed by atoms with Crippen LogP contribution in [0.3, 0.4) is 0 Å². The first-order valence-corrected chi connectivity index (χ1v) is 16.3. The lowest BCUT2D eigenvalue weighted by Gasteiger charge is -2.27. The number of anilines is 3. The normalized spacial score (nSPS) is 15.3. The molecule has 0 saturated carbocycles. The molecule has 15 heteroatoms. The molecule has 4 aromatic rings. The number of nitrogens with zero attached hydrogens (tertiary/aromatic N) is 2. The number of pyridine rings is 1. The number of amides is 7. The zero-order valence-electron chi connectivity index (χ0n) is 27.3. The number of piperidine rings is 1. The van der Waals surface area contributed by atoms with Crippen molar-refractivity contribution in [2.45, 2.75) is 31.7 Å². The van der Waals surface area contributed by atoms with Gasteiger partial charge in [-0.3, -0.25) is 48.8 Å². The van der Waals surface area contributed by atoms with E-state index >= 15 is 0 Å². The van der Waals surface area contributed by atoms with Crippen molar-refractivity contribution in [1.82, 2.24) is 25.8 Å². The smallest absolute Gasteiger partial charge is 0.264 e. The van der Waals surface area contributed by atoms with Crippen molar-refractivity contribution in [2.24, 2.45) is 5.73 Å². The fourth-order valence-electron chi connectivity index (χ4n) is 6.00. The van der Waals surface area contributed by atoms with Gasteiger partial charge in [0, 0.05) is 48.0 Å². The highest BCUT2D eigenvalue weighted by molar-refractivity contribution is 6.25. The number of aromatic nitrogens is 1. The number of nitrogens with two attached hydrogens (primary N) is 1. The highest BCUT2D eigenvalue weighted by Gasteiger charge is 2.45. The molecule has 0 aliphatic carbocycles. The van der Waals surface area contributed by atoms with E-state index in [0.29, 0.717) is 48.1 Å². The van der Waals surface area contributed by atoms with E-state index in [-0.39, 0.29) is 53.6 Å². The van der Waals surface area contributed by atoms with Crippen LogP contribution < -0.4 is 32.3 Å². The highest BCUT2D eigenvalue weighted by atomic mass is 16.2. The summed E-state index contributed by atoms with van der Waals surface area (Å²) >= 11 is 0. The molecule has 0 spiro atoms. The molecular formula is C36H34N8O7. The van der Waals surface area contributed by atoms with E-state index in [1.165, 1.54) is 12.3 Å². The number of hydrogen-bond acceptors (Lipinski definition) is 10. The summed E-state index contributed by atoms with van der Waals surface area (Å²) in [7, 11) is 0. The quantitative estimate of drug-likeness (QED) is 0.0887. The van der Waals surface area contributed by atoms with Gasteiger partial charge >= 0.3 is 0 Å². The molecule has 2 aliphatic heterocycles. The summed E-state index contributed by atoms with van der Waals surface area (Å²) in [6, 6.07) is 17.8. The molecule has 0 radical (unpaired) electrons. The summed E-state index contributed by atoms with van der Waals surface area (Å²) < 4.78 is 0. The van der Waals surface area contributed by atoms with Gasteiger partial charge in [0.05, 0.1) is 34.4 Å². The zero-order valence-corrected chi connectivity index (χ0v) is 27.3. The number of benzene rings is 3. The lowest BCUT2D eigenvalue weighted by Crippen LogP contribution is -2.54. The van der Waals surface area contributed by atoms with Gasteiger partial charge < -0.3 is 27.0 Å². The Morgan fingerprint density at radius 3 is 2.41 bits per heavy atom. The minimum atomic E-state index is -1.09. The van der Waals surface area contributed by atoms with Crippen LogP contribution in [0.1, 0.15) is 67.1 Å². The van der Waals surface area contributed by atoms with E-state index < -0.39 is 35.6 Å². The van der Waals surface area contributed by atoms with Gasteiger partial charge in [0.2, 0.25) is 17.7 Å². The maximum absolute atomic E-state index is 13.2. The van der Waals surface area contributed by atoms with Crippen molar-refractivity contribution in [3.8, 4) is 0 Å². The van der Waals surface area contributed by atoms with Crippen LogP contribution in [0.2, 0.25) is 0 Å². The summed E-state index contributed by atoms with van der Waals surface area (Å²) in [6.45, 7) is 0.494. The Bertz CT molecular complexity index is 2080. The molecule has 7 N–H and O–H groups in total. The van der Waals surface area contributed by atoms with Gasteiger partial charge in [-0.15, -0.1) is 0 Å². The number of hydrogen-bond donors (Lipinski definition) is 6. The highest BCUT2D eigenvalue weighted by Crippen LogP contribution is 2.33. The molecule has 7 amide bonds. The number of rotatable bonds is 13. The van der Waals surface area contributed by atoms with Crippen molar-refractivity contribution in [3.05, 3.63) is 95.2 Å². The molecule has 51 heavy (non-hydrogen) atoms. The molecule has 15 nitrogen and oxygen atoms in total. The largest absolute Gasteiger partial charge is 0.375 e. The van der Waals surface area contributed by atoms with Crippen molar-refractivity contribution in [3.63, 3.8) is 0 Å². The first-order chi connectivity index (χ1) is 24.6. The zero-order chi connectivity index (χ0) is 36.1. The Morgan fingerprint density at radius 2 is 1.67 bits per heavy atom. The number of nitrogens with one attached hydrogen (secondary N) is 5. The molecular weight excluding hydrogens is 656 g/mol. The summed E-state index contributed by atoms with van der Waals surface area (Å²) in [4.78, 5) is 93.1. The Balaban J connectivity index is 0.977. The van der Waals surface area contributed by atoms with Crippen LogP contribution in [0.15, 0.2) is 72.9 Å². The SMILES string of the molecule is NC(=O)c1cnc2ccc(C(=O)NCCCCNC(=O)CNc3cccc4c3C(=O)N(C3CCC(=O)NC3=O)C4=O)cc2c1Nc1ccccc1. The number of carbonyl (C=O) groups is 7. The Morgan fingerprint density at radius 1 is 0.902 bits per heavy atom. The monoisotopic (exact) mass is 690 g/mol. The number of unbranched alkanes of at least 4 members (excludes halogenated alkanes) is 1. The summed E-state index contributed by atoms with van der Waals surface area (Å²) in [5, 5.41) is 14.5. The van der Waals surface area contributed by atoms with E-state index in [0.717, 1.165) is 10.6 Å². The molecule has 0 bridgehead atoms. The third-order valence-electron chi connectivity index (χ3n) is 8.56. The molecule has 3 aromatic carbocycles. The second kappa shape index (κ2) is 14.9. The number of carbonyl (C=O) groups excluding carboxylic acids is 7. The van der Waals surface area contributed by atoms with Gasteiger partial charge in [-0.2, -0.15) is 0 Å². The standard InChI is InChI=1S/C36H34N8O7/c37-32(47)24-18-40-25-12-11-20(17-23(25)31(24)42-21-7-2-1-3-8-21)33(48)39-16-5-4-15-38-29(46)19-41-26-10-6-9-22-30(26)36(51)44(35(22)50)27-13-14-28(45)43-34(27)49/h1-3,6-12,17-18,27,41H,4-5,13-16,19H2,(H2,37,47)(H,38,46)(H,39,48)(H,40,42)(H,43,45,49). The molecule has 1 fully saturated rings. The second-order valence-electron chi connectivity index (χ2n) is 12.0. The van der Waals surface area contributed by atoms with Crippen molar-refractivity contribution in [1.29, 1.82) is 0 Å². The first kappa shape index (κ1) is 34.2. The van der Waals surface area contributed by atoms with E-state index in [1.807, 2.05) is 30.3 Å². The Hall–Kier alpha value is -6.64. The van der Waals surface area contributed by atoms with Crippen LogP contribution in [0.25, 0.3) is 10.9 Å². The van der Waals surface area contributed by atoms with E-state index in [1.54, 1.807) is 30.3 Å². The summed E-state index contributed by atoms with van der Waals surface area (Å²) in [6.07, 6.45) is 2.59. The van der Waals surface area contributed by atoms with Gasteiger partial charge in [-0.25, -0.2) is 0 Å². The number of para-hydroxylation sites is 1. The van der Waals surface area contributed by atoms with Gasteiger partial charge in [0.15, 0.2) is 0 Å². The molecule has 2 aliphatic rings. The van der Waals surface area contributed by atoms with Gasteiger partial charge in [-0.05, 0) is 61.7 Å². The molecule has 1 atom stereocenters. The van der Waals surface area contributed by atoms with Crippen molar-refractivity contribution < 1.29 is 33.6 Å². The first-order valence-electron chi connectivity index (χ1n) is 16.3. The lowest BCUT2D eigenvalue weighted by atomic mass is 10.0. The van der Waals surface area contributed by atoms with Crippen LogP contribution in [-0.2, 0) is 14.4 Å². The minimum absolute atomic E-state index is 0.0124. The van der Waals surface area contributed by atoms with Crippen molar-refractivity contribution >= 4 is 69.3 Å². The van der Waals surface area contributed by atoms with Crippen molar-refractivity contribution in [2.75, 3.05) is 30.3 Å². The third-order valence-corrected chi connectivity index (χ3v) is 8.56. The fraction of sp³-hybridized carbons (Fsp3) is 0.222. The molecule has 1 unspecified atom stereocenters. The van der Waals surface area contributed by atoms with Gasteiger partial charge in [-0.1, -0.05) is 24.3 Å². The summed E-state index contributed by atoms with van der Waals surface area (Å²) in [5.41, 5.74) is 8.38. The van der Waals surface area contributed by atoms with E-state index in [9.17, 15) is 33.6 Å². The Labute approximate surface area is 291 Å². The number of fused-ring (bicyclic) bond motifs is 2. The minimum Gasteiger partial charge on any atom is -0.375 e. The lowest BCUT2D eigenvalue weighted by molar-refractivity contribution is -0.136. The van der Waals surface area contributed by atoms with E-state index in [2.05, 4.69) is 31.6 Å². The maximum Gasteiger partial charge on any atom is 0.264 e. The van der Waals surface area contributed by atoms with Crippen LogP contribution in [0.4, 0.5) is 17.1 Å². The second-order valence-corrected chi connectivity index (χ2v) is 12.0. The fourth-order valence-corrected chi connectivity index (χ4v) is 6.00. The predicted molar refractivity (Wildman–Crippen MR) is 186 cm³/mol. The molecule has 1 saturated heterocycles. The molecule has 3 heterocycles. The topological polar surface area (TPSA) is 222 Å². The number of primary amides is 1. The number of imide groups is 2.